The molecular weight excluding hydrogens is 224 g/mol. The van der Waals surface area contributed by atoms with Crippen molar-refractivity contribution in [1.82, 2.24) is 0 Å². The van der Waals surface area contributed by atoms with Crippen LogP contribution in [0.5, 0.6) is 0 Å². The maximum Gasteiger partial charge on any atom is 0.0992 e. The van der Waals surface area contributed by atoms with Gasteiger partial charge in [-0.2, -0.15) is 5.26 Å². The standard InChI is InChI=1S/C15H20N2O/c1-15(2)6-7-17(10-13(15)11-18)14-5-3-4-12(8-14)9-16/h3-5,8,13,18H,6-7,10-11H2,1-2H3. The van der Waals surface area contributed by atoms with E-state index < -0.39 is 0 Å². The second kappa shape index (κ2) is 4.99. The van der Waals surface area contributed by atoms with E-state index in [1.54, 1.807) is 0 Å². The maximum absolute atomic E-state index is 9.51. The molecule has 1 aliphatic heterocycles. The van der Waals surface area contributed by atoms with Crippen LogP contribution >= 0.6 is 0 Å². The summed E-state index contributed by atoms with van der Waals surface area (Å²) in [5.41, 5.74) is 1.97. The Morgan fingerprint density at radius 2 is 2.28 bits per heavy atom. The quantitative estimate of drug-likeness (QED) is 0.869. The highest BCUT2D eigenvalue weighted by Crippen LogP contribution is 2.36. The molecule has 1 aromatic rings. The number of hydrogen-bond donors (Lipinski definition) is 1. The van der Waals surface area contributed by atoms with Crippen LogP contribution in [0.4, 0.5) is 5.69 Å². The number of anilines is 1. The molecule has 1 heterocycles. The Morgan fingerprint density at radius 3 is 2.94 bits per heavy atom. The third-order valence-electron chi connectivity index (χ3n) is 4.13. The largest absolute Gasteiger partial charge is 0.396 e. The molecule has 1 fully saturated rings. The predicted octanol–water partition coefficient (Wildman–Crippen LogP) is 2.40. The molecule has 0 saturated carbocycles. The van der Waals surface area contributed by atoms with Gasteiger partial charge in [-0.15, -0.1) is 0 Å². The van der Waals surface area contributed by atoms with E-state index in [0.29, 0.717) is 5.56 Å². The van der Waals surface area contributed by atoms with Gasteiger partial charge in [0, 0.05) is 31.3 Å². The minimum absolute atomic E-state index is 0.193. The molecule has 3 heteroatoms. The molecular formula is C15H20N2O. The fourth-order valence-corrected chi connectivity index (χ4v) is 2.54. The minimum atomic E-state index is 0.193. The fourth-order valence-electron chi connectivity index (χ4n) is 2.54. The molecule has 3 nitrogen and oxygen atoms in total. The zero-order valence-corrected chi connectivity index (χ0v) is 11.1. The van der Waals surface area contributed by atoms with Crippen molar-refractivity contribution in [3.05, 3.63) is 29.8 Å². The Labute approximate surface area is 109 Å². The number of nitrogens with zero attached hydrogens (tertiary/aromatic N) is 2. The van der Waals surface area contributed by atoms with Crippen molar-refractivity contribution in [2.24, 2.45) is 11.3 Å². The number of benzene rings is 1. The zero-order chi connectivity index (χ0) is 13.2. The number of aliphatic hydroxyl groups is 1. The van der Waals surface area contributed by atoms with Gasteiger partial charge in [0.05, 0.1) is 11.6 Å². The van der Waals surface area contributed by atoms with E-state index in [-0.39, 0.29) is 17.9 Å². The molecule has 1 N–H and O–H groups in total. The van der Waals surface area contributed by atoms with Crippen molar-refractivity contribution >= 4 is 5.69 Å². The van der Waals surface area contributed by atoms with Crippen molar-refractivity contribution in [1.29, 1.82) is 5.26 Å². The molecule has 0 aromatic heterocycles. The highest BCUT2D eigenvalue weighted by atomic mass is 16.3. The van der Waals surface area contributed by atoms with Crippen molar-refractivity contribution in [3.8, 4) is 6.07 Å². The molecule has 1 unspecified atom stereocenters. The number of rotatable bonds is 2. The summed E-state index contributed by atoms with van der Waals surface area (Å²) in [4.78, 5) is 2.27. The summed E-state index contributed by atoms with van der Waals surface area (Å²) in [7, 11) is 0. The highest BCUT2D eigenvalue weighted by Gasteiger charge is 2.35. The predicted molar refractivity (Wildman–Crippen MR) is 72.3 cm³/mol. The summed E-state index contributed by atoms with van der Waals surface area (Å²) >= 11 is 0. The van der Waals surface area contributed by atoms with Gasteiger partial charge in [0.25, 0.3) is 0 Å². The lowest BCUT2D eigenvalue weighted by molar-refractivity contribution is 0.0968. The number of aliphatic hydroxyl groups excluding tert-OH is 1. The average molecular weight is 244 g/mol. The van der Waals surface area contributed by atoms with Crippen molar-refractivity contribution in [2.45, 2.75) is 20.3 Å². The van der Waals surface area contributed by atoms with E-state index in [2.05, 4.69) is 24.8 Å². The summed E-state index contributed by atoms with van der Waals surface area (Å²) < 4.78 is 0. The summed E-state index contributed by atoms with van der Waals surface area (Å²) in [6.45, 7) is 6.51. The van der Waals surface area contributed by atoms with E-state index in [9.17, 15) is 5.11 Å². The lowest BCUT2D eigenvalue weighted by atomic mass is 9.73. The number of hydrogen-bond acceptors (Lipinski definition) is 3. The molecule has 0 bridgehead atoms. The topological polar surface area (TPSA) is 47.3 Å². The number of piperidine rings is 1. The molecule has 1 saturated heterocycles. The Bertz CT molecular complexity index is 462. The maximum atomic E-state index is 9.51. The number of nitriles is 1. The van der Waals surface area contributed by atoms with Crippen LogP contribution in [0.25, 0.3) is 0 Å². The van der Waals surface area contributed by atoms with E-state index >= 15 is 0 Å². The summed E-state index contributed by atoms with van der Waals surface area (Å²) in [5.74, 6) is 0.289. The van der Waals surface area contributed by atoms with Gasteiger partial charge in [-0.1, -0.05) is 19.9 Å². The van der Waals surface area contributed by atoms with E-state index in [1.807, 2.05) is 24.3 Å². The Hall–Kier alpha value is -1.53. The van der Waals surface area contributed by atoms with Crippen LogP contribution in [-0.2, 0) is 0 Å². The second-order valence-electron chi connectivity index (χ2n) is 5.73. The monoisotopic (exact) mass is 244 g/mol. The first kappa shape index (κ1) is 12.9. The van der Waals surface area contributed by atoms with Gasteiger partial charge in [-0.25, -0.2) is 0 Å². The van der Waals surface area contributed by atoms with Gasteiger partial charge in [-0.3, -0.25) is 0 Å². The molecule has 0 amide bonds. The van der Waals surface area contributed by atoms with E-state index in [1.165, 1.54) is 0 Å². The molecule has 1 atom stereocenters. The van der Waals surface area contributed by atoms with Crippen molar-refractivity contribution in [3.63, 3.8) is 0 Å². The summed E-state index contributed by atoms with van der Waals surface area (Å²) in [5, 5.41) is 18.4. The summed E-state index contributed by atoms with van der Waals surface area (Å²) in [6.07, 6.45) is 1.06. The minimum Gasteiger partial charge on any atom is -0.396 e. The van der Waals surface area contributed by atoms with Gasteiger partial charge in [0.15, 0.2) is 0 Å². The SMILES string of the molecule is CC1(C)CCN(c2cccc(C#N)c2)CC1CO. The molecule has 1 aliphatic rings. The zero-order valence-electron chi connectivity index (χ0n) is 11.1. The fraction of sp³-hybridized carbons (Fsp3) is 0.533. The molecule has 1 aromatic carbocycles. The molecule has 0 radical (unpaired) electrons. The Kier molecular flexibility index (Phi) is 3.58. The highest BCUT2D eigenvalue weighted by molar-refractivity contribution is 5.51. The van der Waals surface area contributed by atoms with Crippen LogP contribution in [0.15, 0.2) is 24.3 Å². The normalized spacial score (nSPS) is 22.6. The molecule has 0 spiro atoms. The average Bonchev–Trinajstić information content (AvgIpc) is 2.38. The smallest absolute Gasteiger partial charge is 0.0992 e. The van der Waals surface area contributed by atoms with Crippen molar-refractivity contribution < 1.29 is 5.11 Å². The summed E-state index contributed by atoms with van der Waals surface area (Å²) in [6, 6.07) is 9.87. The second-order valence-corrected chi connectivity index (χ2v) is 5.73. The van der Waals surface area contributed by atoms with Gasteiger partial charge >= 0.3 is 0 Å². The molecule has 0 aliphatic carbocycles. The Balaban J connectivity index is 2.18. The molecule has 96 valence electrons. The van der Waals surface area contributed by atoms with Crippen molar-refractivity contribution in [2.75, 3.05) is 24.6 Å². The lowest BCUT2D eigenvalue weighted by Crippen LogP contribution is -2.46. The van der Waals surface area contributed by atoms with Gasteiger partial charge in [-0.05, 0) is 30.0 Å². The first-order valence-electron chi connectivity index (χ1n) is 6.43. The Morgan fingerprint density at radius 1 is 1.50 bits per heavy atom. The molecule has 2 rings (SSSR count). The third kappa shape index (κ3) is 2.49. The van der Waals surface area contributed by atoms with Crippen LogP contribution in [0.1, 0.15) is 25.8 Å². The van der Waals surface area contributed by atoms with E-state index in [4.69, 9.17) is 5.26 Å². The van der Waals surface area contributed by atoms with Gasteiger partial charge in [0.1, 0.15) is 0 Å². The third-order valence-corrected chi connectivity index (χ3v) is 4.13. The van der Waals surface area contributed by atoms with E-state index in [0.717, 1.165) is 25.2 Å². The first-order chi connectivity index (χ1) is 8.56. The van der Waals surface area contributed by atoms with Crippen LogP contribution in [0.2, 0.25) is 0 Å². The van der Waals surface area contributed by atoms with Gasteiger partial charge < -0.3 is 10.0 Å². The van der Waals surface area contributed by atoms with Crippen LogP contribution < -0.4 is 4.90 Å². The van der Waals surface area contributed by atoms with Crippen LogP contribution in [0.3, 0.4) is 0 Å². The van der Waals surface area contributed by atoms with Crippen LogP contribution in [0, 0.1) is 22.7 Å². The lowest BCUT2D eigenvalue weighted by Gasteiger charge is -2.44. The first-order valence-corrected chi connectivity index (χ1v) is 6.43. The molecule has 18 heavy (non-hydrogen) atoms. The van der Waals surface area contributed by atoms with Gasteiger partial charge in [0.2, 0.25) is 0 Å². The van der Waals surface area contributed by atoms with Crippen LogP contribution in [-0.4, -0.2) is 24.8 Å².